The third-order valence-corrected chi connectivity index (χ3v) is 7.32. The summed E-state index contributed by atoms with van der Waals surface area (Å²) < 4.78 is 14.4. The Morgan fingerprint density at radius 1 is 1.12 bits per heavy atom. The number of rotatable bonds is 1. The second kappa shape index (κ2) is 5.67. The molecule has 2 heterocycles. The molecule has 0 unspecified atom stereocenters. The maximum absolute atomic E-state index is 6.13. The average molecular weight is 352 g/mol. The SMILES string of the molecule is C[C@H]1[C@@H]2CCc3c(nn(C)c3-c3ccccc3)[C@@]2(C)CCC12OCCO2. The van der Waals surface area contributed by atoms with E-state index in [0.29, 0.717) is 11.8 Å². The normalized spacial score (nSPS) is 32.4. The highest BCUT2D eigenvalue weighted by molar-refractivity contribution is 5.66. The van der Waals surface area contributed by atoms with E-state index in [1.54, 1.807) is 0 Å². The third-order valence-electron chi connectivity index (χ3n) is 7.32. The molecule has 1 aromatic carbocycles. The molecule has 1 aliphatic heterocycles. The second-order valence-electron chi connectivity index (χ2n) is 8.53. The molecule has 0 bridgehead atoms. The highest BCUT2D eigenvalue weighted by Crippen LogP contribution is 2.57. The van der Waals surface area contributed by atoms with Gasteiger partial charge in [0.1, 0.15) is 0 Å². The van der Waals surface area contributed by atoms with Gasteiger partial charge in [0.05, 0.1) is 24.6 Å². The molecule has 1 saturated carbocycles. The summed E-state index contributed by atoms with van der Waals surface area (Å²) >= 11 is 0. The number of benzene rings is 1. The fraction of sp³-hybridized carbons (Fsp3) is 0.591. The lowest BCUT2D eigenvalue weighted by molar-refractivity contribution is -0.234. The van der Waals surface area contributed by atoms with Crippen LogP contribution in [0.5, 0.6) is 0 Å². The van der Waals surface area contributed by atoms with Gasteiger partial charge in [-0.2, -0.15) is 5.10 Å². The summed E-state index contributed by atoms with van der Waals surface area (Å²) in [5.74, 6) is 0.609. The molecule has 4 nitrogen and oxygen atoms in total. The van der Waals surface area contributed by atoms with Crippen molar-refractivity contribution in [1.82, 2.24) is 9.78 Å². The van der Waals surface area contributed by atoms with E-state index < -0.39 is 0 Å². The molecule has 4 heteroatoms. The summed E-state index contributed by atoms with van der Waals surface area (Å²) in [6, 6.07) is 10.7. The van der Waals surface area contributed by atoms with Crippen LogP contribution in [0.4, 0.5) is 0 Å². The molecular formula is C22H28N2O2. The van der Waals surface area contributed by atoms with Crippen LogP contribution >= 0.6 is 0 Å². The monoisotopic (exact) mass is 352 g/mol. The molecule has 0 N–H and O–H groups in total. The second-order valence-corrected chi connectivity index (χ2v) is 8.53. The van der Waals surface area contributed by atoms with E-state index in [4.69, 9.17) is 14.6 Å². The Morgan fingerprint density at radius 2 is 1.85 bits per heavy atom. The molecule has 0 amide bonds. The first-order chi connectivity index (χ1) is 12.6. The number of ether oxygens (including phenoxy) is 2. The minimum atomic E-state index is -0.348. The highest BCUT2D eigenvalue weighted by Gasteiger charge is 2.58. The van der Waals surface area contributed by atoms with Gasteiger partial charge in [-0.3, -0.25) is 4.68 Å². The standard InChI is InChI=1S/C22H28N2O2/c1-15-18-10-9-17-19(16-7-5-4-6-8-16)24(3)23-20(17)21(18,2)11-12-22(15)25-13-14-26-22/h4-8,15,18H,9-14H2,1-3H3/t15-,18-,21-/m0/s1. The van der Waals surface area contributed by atoms with Gasteiger partial charge in [0.25, 0.3) is 0 Å². The molecule has 3 atom stereocenters. The molecule has 1 spiro atoms. The van der Waals surface area contributed by atoms with Crippen LogP contribution < -0.4 is 0 Å². The predicted octanol–water partition coefficient (Wildman–Crippen LogP) is 4.08. The van der Waals surface area contributed by atoms with Gasteiger partial charge >= 0.3 is 0 Å². The summed E-state index contributed by atoms with van der Waals surface area (Å²) in [6.45, 7) is 6.23. The summed E-state index contributed by atoms with van der Waals surface area (Å²) in [7, 11) is 2.09. The molecule has 138 valence electrons. The van der Waals surface area contributed by atoms with Crippen LogP contribution in [0.1, 0.15) is 44.4 Å². The minimum absolute atomic E-state index is 0.109. The third kappa shape index (κ3) is 2.12. The van der Waals surface area contributed by atoms with E-state index in [0.717, 1.165) is 32.5 Å². The maximum Gasteiger partial charge on any atom is 0.171 e. The first kappa shape index (κ1) is 16.5. The van der Waals surface area contributed by atoms with E-state index in [-0.39, 0.29) is 11.2 Å². The van der Waals surface area contributed by atoms with Crippen LogP contribution in [-0.4, -0.2) is 28.8 Å². The van der Waals surface area contributed by atoms with Gasteiger partial charge in [-0.15, -0.1) is 0 Å². The lowest BCUT2D eigenvalue weighted by Crippen LogP contribution is -2.55. The number of nitrogens with zero attached hydrogens (tertiary/aromatic N) is 2. The summed E-state index contributed by atoms with van der Waals surface area (Å²) in [5.41, 5.74) is 5.44. The quantitative estimate of drug-likeness (QED) is 0.776. The van der Waals surface area contributed by atoms with Crippen LogP contribution in [0.2, 0.25) is 0 Å². The van der Waals surface area contributed by atoms with Crippen LogP contribution in [0.15, 0.2) is 30.3 Å². The predicted molar refractivity (Wildman–Crippen MR) is 101 cm³/mol. The topological polar surface area (TPSA) is 36.3 Å². The fourth-order valence-electron chi connectivity index (χ4n) is 5.97. The van der Waals surface area contributed by atoms with E-state index in [1.165, 1.54) is 28.9 Å². The molecule has 26 heavy (non-hydrogen) atoms. The Morgan fingerprint density at radius 3 is 2.58 bits per heavy atom. The Labute approximate surface area is 155 Å². The Hall–Kier alpha value is -1.65. The van der Waals surface area contributed by atoms with Crippen LogP contribution in [0.3, 0.4) is 0 Å². The number of hydrogen-bond acceptors (Lipinski definition) is 3. The van der Waals surface area contributed by atoms with Crippen LogP contribution in [0.25, 0.3) is 11.3 Å². The number of hydrogen-bond donors (Lipinski definition) is 0. The molecule has 1 aromatic heterocycles. The fourth-order valence-corrected chi connectivity index (χ4v) is 5.97. The van der Waals surface area contributed by atoms with Gasteiger partial charge in [0, 0.05) is 35.9 Å². The summed E-state index contributed by atoms with van der Waals surface area (Å²) in [6.07, 6.45) is 4.33. The Bertz CT molecular complexity index is 822. The Kier molecular flexibility index (Phi) is 3.60. The lowest BCUT2D eigenvalue weighted by atomic mass is 9.55. The molecule has 2 aromatic rings. The van der Waals surface area contributed by atoms with E-state index in [9.17, 15) is 0 Å². The van der Waals surface area contributed by atoms with Gasteiger partial charge in [-0.1, -0.05) is 44.2 Å². The van der Waals surface area contributed by atoms with E-state index in [2.05, 4.69) is 55.9 Å². The van der Waals surface area contributed by atoms with E-state index in [1.807, 2.05) is 0 Å². The van der Waals surface area contributed by atoms with Crippen molar-refractivity contribution in [1.29, 1.82) is 0 Å². The zero-order chi connectivity index (χ0) is 17.9. The van der Waals surface area contributed by atoms with Gasteiger partial charge in [-0.25, -0.2) is 0 Å². The largest absolute Gasteiger partial charge is 0.347 e. The first-order valence-corrected chi connectivity index (χ1v) is 9.95. The van der Waals surface area contributed by atoms with Crippen molar-refractivity contribution in [2.24, 2.45) is 18.9 Å². The molecule has 0 radical (unpaired) electrons. The van der Waals surface area contributed by atoms with Crippen LogP contribution in [-0.2, 0) is 28.4 Å². The van der Waals surface area contributed by atoms with Crippen molar-refractivity contribution in [3.63, 3.8) is 0 Å². The minimum Gasteiger partial charge on any atom is -0.347 e. The van der Waals surface area contributed by atoms with E-state index >= 15 is 0 Å². The zero-order valence-electron chi connectivity index (χ0n) is 16.0. The maximum atomic E-state index is 6.13. The lowest BCUT2D eigenvalue weighted by Gasteiger charge is -2.53. The Balaban J connectivity index is 1.58. The van der Waals surface area contributed by atoms with Gasteiger partial charge < -0.3 is 9.47 Å². The van der Waals surface area contributed by atoms with Crippen molar-refractivity contribution in [2.45, 2.75) is 50.7 Å². The molecule has 2 fully saturated rings. The number of aromatic nitrogens is 2. The number of aryl methyl sites for hydroxylation is 1. The van der Waals surface area contributed by atoms with Crippen LogP contribution in [0, 0.1) is 11.8 Å². The smallest absolute Gasteiger partial charge is 0.171 e. The molecule has 3 aliphatic rings. The van der Waals surface area contributed by atoms with Crippen molar-refractivity contribution < 1.29 is 9.47 Å². The zero-order valence-corrected chi connectivity index (χ0v) is 16.0. The van der Waals surface area contributed by atoms with Gasteiger partial charge in [0.15, 0.2) is 5.79 Å². The molecule has 1 saturated heterocycles. The number of fused-ring (bicyclic) bond motifs is 3. The summed E-state index contributed by atoms with van der Waals surface area (Å²) in [4.78, 5) is 0. The average Bonchev–Trinajstić information content (AvgIpc) is 3.25. The van der Waals surface area contributed by atoms with Crippen molar-refractivity contribution >= 4 is 0 Å². The van der Waals surface area contributed by atoms with Gasteiger partial charge in [0.2, 0.25) is 0 Å². The van der Waals surface area contributed by atoms with Gasteiger partial charge in [-0.05, 0) is 25.2 Å². The van der Waals surface area contributed by atoms with Crippen molar-refractivity contribution in [3.8, 4) is 11.3 Å². The molecular weight excluding hydrogens is 324 g/mol. The molecule has 5 rings (SSSR count). The first-order valence-electron chi connectivity index (χ1n) is 9.95. The molecule has 2 aliphatic carbocycles. The summed E-state index contributed by atoms with van der Waals surface area (Å²) in [5, 5.41) is 5.07. The van der Waals surface area contributed by atoms with Crippen molar-refractivity contribution in [2.75, 3.05) is 13.2 Å². The van der Waals surface area contributed by atoms with Crippen molar-refractivity contribution in [3.05, 3.63) is 41.6 Å². The highest BCUT2D eigenvalue weighted by atomic mass is 16.7.